The van der Waals surface area contributed by atoms with Gasteiger partial charge in [-0.25, -0.2) is 0 Å². The molecule has 0 saturated heterocycles. The van der Waals surface area contributed by atoms with Crippen LogP contribution >= 0.6 is 0 Å². The van der Waals surface area contributed by atoms with Gasteiger partial charge in [-0.15, -0.1) is 0 Å². The van der Waals surface area contributed by atoms with Gasteiger partial charge in [-0.3, -0.25) is 14.4 Å². The van der Waals surface area contributed by atoms with Gasteiger partial charge in [0.15, 0.2) is 0 Å². The number of benzene rings is 2. The Kier molecular flexibility index (Phi) is 7.77. The average Bonchev–Trinajstić information content (AvgIpc) is 2.72. The van der Waals surface area contributed by atoms with Gasteiger partial charge in [0.05, 0.1) is 7.11 Å². The summed E-state index contributed by atoms with van der Waals surface area (Å²) in [7, 11) is 3.15. The van der Waals surface area contributed by atoms with E-state index in [2.05, 4.69) is 16.0 Å². The molecule has 0 atom stereocenters. The van der Waals surface area contributed by atoms with Crippen molar-refractivity contribution in [3.05, 3.63) is 65.7 Å². The first kappa shape index (κ1) is 20.7. The van der Waals surface area contributed by atoms with Crippen molar-refractivity contribution in [2.75, 3.05) is 26.0 Å². The maximum absolute atomic E-state index is 11.9. The highest BCUT2D eigenvalue weighted by molar-refractivity contribution is 5.96. The highest BCUT2D eigenvalue weighted by Crippen LogP contribution is 2.12. The molecule has 7 heteroatoms. The van der Waals surface area contributed by atoms with Crippen LogP contribution in [-0.4, -0.2) is 38.4 Å². The normalized spacial score (nSPS) is 10.4. The van der Waals surface area contributed by atoms with E-state index < -0.39 is 0 Å². The van der Waals surface area contributed by atoms with Crippen LogP contribution in [0, 0.1) is 0 Å². The first-order valence-electron chi connectivity index (χ1n) is 8.74. The first-order chi connectivity index (χ1) is 13.5. The van der Waals surface area contributed by atoms with Crippen LogP contribution in [0.2, 0.25) is 0 Å². The number of hydrogen-bond donors (Lipinski definition) is 3. The van der Waals surface area contributed by atoms with Crippen molar-refractivity contribution in [1.82, 2.24) is 10.6 Å². The van der Waals surface area contributed by atoms with Gasteiger partial charge in [-0.05, 0) is 48.0 Å². The van der Waals surface area contributed by atoms with Crippen molar-refractivity contribution >= 4 is 29.5 Å². The van der Waals surface area contributed by atoms with Crippen LogP contribution in [0.3, 0.4) is 0 Å². The number of carbonyl (C=O) groups excluding carboxylic acids is 3. The molecule has 0 radical (unpaired) electrons. The minimum absolute atomic E-state index is 0.138. The van der Waals surface area contributed by atoms with Crippen molar-refractivity contribution in [2.24, 2.45) is 0 Å². The summed E-state index contributed by atoms with van der Waals surface area (Å²) in [6, 6.07) is 13.8. The molecule has 0 bridgehead atoms. The predicted octanol–water partition coefficient (Wildman–Crippen LogP) is 2.21. The third-order valence-corrected chi connectivity index (χ3v) is 3.85. The Morgan fingerprint density at radius 2 is 1.68 bits per heavy atom. The summed E-state index contributed by atoms with van der Waals surface area (Å²) < 4.78 is 5.08. The third-order valence-electron chi connectivity index (χ3n) is 3.85. The standard InChI is InChI=1S/C21H23N3O4/c1-22-21(27)16-6-8-17(9-7-16)24-20(26)13-14-23-19(25)12-5-15-3-10-18(28-2)11-4-15/h3-12H,13-14H2,1-2H3,(H,22,27)(H,23,25)(H,24,26). The van der Waals surface area contributed by atoms with Crippen LogP contribution in [-0.2, 0) is 9.59 Å². The molecule has 0 aliphatic carbocycles. The Hall–Kier alpha value is -3.61. The number of nitrogens with one attached hydrogen (secondary N) is 3. The van der Waals surface area contributed by atoms with Gasteiger partial charge in [0, 0.05) is 37.3 Å². The summed E-state index contributed by atoms with van der Waals surface area (Å²) in [6.07, 6.45) is 3.24. The van der Waals surface area contributed by atoms with Crippen molar-refractivity contribution in [2.45, 2.75) is 6.42 Å². The van der Waals surface area contributed by atoms with Crippen molar-refractivity contribution in [1.29, 1.82) is 0 Å². The maximum Gasteiger partial charge on any atom is 0.251 e. The second-order valence-corrected chi connectivity index (χ2v) is 5.85. The van der Waals surface area contributed by atoms with E-state index in [9.17, 15) is 14.4 Å². The molecule has 2 aromatic carbocycles. The number of ether oxygens (including phenoxy) is 1. The molecule has 3 amide bonds. The molecule has 0 unspecified atom stereocenters. The smallest absolute Gasteiger partial charge is 0.251 e. The summed E-state index contributed by atoms with van der Waals surface area (Å²) in [5.41, 5.74) is 1.97. The van der Waals surface area contributed by atoms with Gasteiger partial charge < -0.3 is 20.7 Å². The molecule has 0 aliphatic rings. The van der Waals surface area contributed by atoms with E-state index in [0.717, 1.165) is 11.3 Å². The number of methoxy groups -OCH3 is 1. The van der Waals surface area contributed by atoms with Crippen LogP contribution in [0.25, 0.3) is 6.08 Å². The lowest BCUT2D eigenvalue weighted by atomic mass is 10.2. The van der Waals surface area contributed by atoms with Gasteiger partial charge in [0.25, 0.3) is 5.91 Å². The second-order valence-electron chi connectivity index (χ2n) is 5.85. The zero-order chi connectivity index (χ0) is 20.4. The highest BCUT2D eigenvalue weighted by Gasteiger charge is 2.05. The van der Waals surface area contributed by atoms with Crippen LogP contribution in [0.15, 0.2) is 54.6 Å². The van der Waals surface area contributed by atoms with Gasteiger partial charge >= 0.3 is 0 Å². The van der Waals surface area contributed by atoms with Crippen molar-refractivity contribution < 1.29 is 19.1 Å². The molecule has 0 saturated carbocycles. The molecule has 146 valence electrons. The van der Waals surface area contributed by atoms with Crippen LogP contribution in [0.4, 0.5) is 5.69 Å². The molecular weight excluding hydrogens is 358 g/mol. The average molecular weight is 381 g/mol. The number of amides is 3. The fourth-order valence-electron chi connectivity index (χ4n) is 2.32. The lowest BCUT2D eigenvalue weighted by molar-refractivity contribution is -0.117. The monoisotopic (exact) mass is 381 g/mol. The Bertz CT molecular complexity index is 843. The predicted molar refractivity (Wildman–Crippen MR) is 108 cm³/mol. The van der Waals surface area contributed by atoms with E-state index in [-0.39, 0.29) is 30.7 Å². The summed E-state index contributed by atoms with van der Waals surface area (Å²) >= 11 is 0. The number of hydrogen-bond acceptors (Lipinski definition) is 4. The zero-order valence-corrected chi connectivity index (χ0v) is 15.8. The number of carbonyl (C=O) groups is 3. The lowest BCUT2D eigenvalue weighted by Crippen LogP contribution is -2.26. The Balaban J connectivity index is 1.72. The van der Waals surface area contributed by atoms with Gasteiger partial charge in [0.1, 0.15) is 5.75 Å². The molecular formula is C21H23N3O4. The van der Waals surface area contributed by atoms with Crippen LogP contribution in [0.5, 0.6) is 5.75 Å². The van der Waals surface area contributed by atoms with Gasteiger partial charge in [0.2, 0.25) is 11.8 Å². The number of anilines is 1. The highest BCUT2D eigenvalue weighted by atomic mass is 16.5. The van der Waals surface area contributed by atoms with E-state index in [1.54, 1.807) is 44.5 Å². The summed E-state index contributed by atoms with van der Waals surface area (Å²) in [4.78, 5) is 35.2. The summed E-state index contributed by atoms with van der Waals surface area (Å²) in [6.45, 7) is 0.216. The molecule has 3 N–H and O–H groups in total. The Labute approximate surface area is 163 Å². The summed E-state index contributed by atoms with van der Waals surface area (Å²) in [5, 5.41) is 7.90. The van der Waals surface area contributed by atoms with Crippen LogP contribution in [0.1, 0.15) is 22.3 Å². The molecule has 0 spiro atoms. The Morgan fingerprint density at radius 3 is 2.29 bits per heavy atom. The maximum atomic E-state index is 11.9. The molecule has 0 fully saturated rings. The van der Waals surface area contributed by atoms with E-state index in [0.29, 0.717) is 11.3 Å². The van der Waals surface area contributed by atoms with E-state index in [1.807, 2.05) is 24.3 Å². The minimum Gasteiger partial charge on any atom is -0.497 e. The van der Waals surface area contributed by atoms with E-state index in [1.165, 1.54) is 6.08 Å². The molecule has 2 rings (SSSR count). The minimum atomic E-state index is -0.279. The first-order valence-corrected chi connectivity index (χ1v) is 8.74. The van der Waals surface area contributed by atoms with Gasteiger partial charge in [-0.1, -0.05) is 12.1 Å². The fraction of sp³-hybridized carbons (Fsp3) is 0.190. The molecule has 28 heavy (non-hydrogen) atoms. The summed E-state index contributed by atoms with van der Waals surface area (Å²) in [5.74, 6) is 0.0462. The topological polar surface area (TPSA) is 96.5 Å². The SMILES string of the molecule is CNC(=O)c1ccc(NC(=O)CCNC(=O)C=Cc2ccc(OC)cc2)cc1. The van der Waals surface area contributed by atoms with Crippen molar-refractivity contribution in [3.63, 3.8) is 0 Å². The molecule has 0 aromatic heterocycles. The second kappa shape index (κ2) is 10.5. The lowest BCUT2D eigenvalue weighted by Gasteiger charge is -2.07. The molecule has 2 aromatic rings. The van der Waals surface area contributed by atoms with E-state index >= 15 is 0 Å². The quantitative estimate of drug-likeness (QED) is 0.611. The molecule has 0 heterocycles. The zero-order valence-electron chi connectivity index (χ0n) is 15.8. The Morgan fingerprint density at radius 1 is 1.00 bits per heavy atom. The third kappa shape index (κ3) is 6.60. The van der Waals surface area contributed by atoms with Crippen LogP contribution < -0.4 is 20.7 Å². The number of rotatable bonds is 8. The van der Waals surface area contributed by atoms with Crippen molar-refractivity contribution in [3.8, 4) is 5.75 Å². The largest absolute Gasteiger partial charge is 0.497 e. The fourth-order valence-corrected chi connectivity index (χ4v) is 2.32. The van der Waals surface area contributed by atoms with E-state index in [4.69, 9.17) is 4.74 Å². The van der Waals surface area contributed by atoms with Gasteiger partial charge in [-0.2, -0.15) is 0 Å². The molecule has 0 aliphatic heterocycles. The molecule has 7 nitrogen and oxygen atoms in total.